The highest BCUT2D eigenvalue weighted by atomic mass is 16.4. The number of carboxylic acids is 1. The minimum atomic E-state index is -1.50. The van der Waals surface area contributed by atoms with E-state index in [2.05, 4.69) is 6.58 Å². The molecule has 0 rings (SSSR count). The highest BCUT2D eigenvalue weighted by Crippen LogP contribution is 2.13. The average molecular weight is 171 g/mol. The van der Waals surface area contributed by atoms with Crippen LogP contribution in [0.2, 0.25) is 0 Å². The van der Waals surface area contributed by atoms with Crippen LogP contribution in [0.15, 0.2) is 12.7 Å². The Kier molecular flexibility index (Phi) is 3.15. The van der Waals surface area contributed by atoms with Gasteiger partial charge in [0, 0.05) is 0 Å². The molecule has 0 amide bonds. The molecule has 1 N–H and O–H groups in total. The summed E-state index contributed by atoms with van der Waals surface area (Å²) >= 11 is 0. The number of nitrogens with zero attached hydrogens (tertiary/aromatic N) is 1. The molecule has 0 spiro atoms. The van der Waals surface area contributed by atoms with Gasteiger partial charge < -0.3 is 5.11 Å². The first-order valence-corrected chi connectivity index (χ1v) is 3.45. The number of carbonyl (C=O) groups excluding carboxylic acids is 1. The van der Waals surface area contributed by atoms with Gasteiger partial charge in [0.25, 0.3) is 0 Å². The molecular formula is C8H13NO3. The highest BCUT2D eigenvalue weighted by Gasteiger charge is 2.41. The van der Waals surface area contributed by atoms with Gasteiger partial charge >= 0.3 is 5.97 Å². The second-order valence-electron chi connectivity index (χ2n) is 2.84. The highest BCUT2D eigenvalue weighted by molar-refractivity contribution is 6.12. The van der Waals surface area contributed by atoms with Gasteiger partial charge in [-0.05, 0) is 27.1 Å². The maximum absolute atomic E-state index is 11.2. The fraction of sp³-hybridized carbons (Fsp3) is 0.500. The van der Waals surface area contributed by atoms with Crippen LogP contribution in [0.25, 0.3) is 0 Å². The zero-order valence-electron chi connectivity index (χ0n) is 7.50. The monoisotopic (exact) mass is 171 g/mol. The van der Waals surface area contributed by atoms with Gasteiger partial charge in [0.1, 0.15) is 0 Å². The molecular weight excluding hydrogens is 158 g/mol. The summed E-state index contributed by atoms with van der Waals surface area (Å²) in [6.07, 6.45) is 1.02. The third-order valence-corrected chi connectivity index (χ3v) is 1.98. The second kappa shape index (κ2) is 3.49. The molecule has 0 bridgehead atoms. The number of ketones is 1. The zero-order chi connectivity index (χ0) is 9.94. The van der Waals surface area contributed by atoms with Crippen molar-refractivity contribution in [3.05, 3.63) is 12.7 Å². The van der Waals surface area contributed by atoms with E-state index in [1.807, 2.05) is 0 Å². The summed E-state index contributed by atoms with van der Waals surface area (Å²) in [6.45, 7) is 4.60. The second-order valence-corrected chi connectivity index (χ2v) is 2.84. The predicted molar refractivity (Wildman–Crippen MR) is 44.9 cm³/mol. The van der Waals surface area contributed by atoms with Gasteiger partial charge in [-0.3, -0.25) is 9.69 Å². The molecule has 1 atom stereocenters. The van der Waals surface area contributed by atoms with Crippen molar-refractivity contribution >= 4 is 11.8 Å². The molecule has 1 unspecified atom stereocenters. The molecule has 0 aliphatic rings. The molecule has 4 heteroatoms. The van der Waals surface area contributed by atoms with E-state index in [0.717, 1.165) is 6.08 Å². The maximum Gasteiger partial charge on any atom is 0.331 e. The lowest BCUT2D eigenvalue weighted by Crippen LogP contribution is -2.54. The minimum absolute atomic E-state index is 0.514. The van der Waals surface area contributed by atoms with Crippen molar-refractivity contribution in [3.8, 4) is 0 Å². The van der Waals surface area contributed by atoms with Gasteiger partial charge in [-0.2, -0.15) is 0 Å². The normalized spacial score (nSPS) is 15.3. The van der Waals surface area contributed by atoms with E-state index >= 15 is 0 Å². The van der Waals surface area contributed by atoms with Crippen LogP contribution in [-0.4, -0.2) is 41.4 Å². The summed E-state index contributed by atoms with van der Waals surface area (Å²) in [4.78, 5) is 23.3. The molecule has 68 valence electrons. The Bertz CT molecular complexity index is 222. The van der Waals surface area contributed by atoms with E-state index in [4.69, 9.17) is 5.11 Å². The summed E-state index contributed by atoms with van der Waals surface area (Å²) in [7, 11) is 3.07. The molecule has 0 aromatic carbocycles. The summed E-state index contributed by atoms with van der Waals surface area (Å²) in [5.41, 5.74) is -1.50. The fourth-order valence-corrected chi connectivity index (χ4v) is 0.716. The average Bonchev–Trinajstić information content (AvgIpc) is 2.00. The van der Waals surface area contributed by atoms with Crippen LogP contribution >= 0.6 is 0 Å². The predicted octanol–water partition coefficient (Wildman–Crippen LogP) is 0.146. The van der Waals surface area contributed by atoms with Crippen molar-refractivity contribution in [1.29, 1.82) is 0 Å². The first-order valence-electron chi connectivity index (χ1n) is 3.45. The summed E-state index contributed by atoms with van der Waals surface area (Å²) < 4.78 is 0. The number of likely N-dealkylation sites (N-methyl/N-ethyl adjacent to an activating group) is 1. The number of rotatable bonds is 4. The Balaban J connectivity index is 5.00. The van der Waals surface area contributed by atoms with E-state index in [0.29, 0.717) is 0 Å². The van der Waals surface area contributed by atoms with E-state index < -0.39 is 17.3 Å². The Morgan fingerprint density at radius 2 is 1.92 bits per heavy atom. The quantitative estimate of drug-likeness (QED) is 0.483. The Hall–Kier alpha value is -1.16. The maximum atomic E-state index is 11.2. The van der Waals surface area contributed by atoms with Crippen LogP contribution in [0.4, 0.5) is 0 Å². The largest absolute Gasteiger partial charge is 0.480 e. The lowest BCUT2D eigenvalue weighted by molar-refractivity contribution is -0.153. The van der Waals surface area contributed by atoms with Gasteiger partial charge in [0.05, 0.1) is 0 Å². The third-order valence-electron chi connectivity index (χ3n) is 1.98. The van der Waals surface area contributed by atoms with Crippen molar-refractivity contribution < 1.29 is 14.7 Å². The van der Waals surface area contributed by atoms with Crippen LogP contribution in [0.5, 0.6) is 0 Å². The molecule has 0 saturated carbocycles. The molecule has 0 aliphatic carbocycles. The Labute approximate surface area is 71.5 Å². The van der Waals surface area contributed by atoms with Gasteiger partial charge in [-0.15, -0.1) is 0 Å². The lowest BCUT2D eigenvalue weighted by atomic mass is 9.95. The van der Waals surface area contributed by atoms with Gasteiger partial charge in [0.15, 0.2) is 11.3 Å². The summed E-state index contributed by atoms with van der Waals surface area (Å²) in [5, 5.41) is 8.79. The van der Waals surface area contributed by atoms with E-state index in [-0.39, 0.29) is 0 Å². The SMILES string of the molecule is C=CC(=O)C(C)(C(=O)O)N(C)C. The molecule has 0 heterocycles. The fourth-order valence-electron chi connectivity index (χ4n) is 0.716. The number of aliphatic carboxylic acids is 1. The molecule has 0 aromatic heterocycles. The topological polar surface area (TPSA) is 57.6 Å². The van der Waals surface area contributed by atoms with Crippen LogP contribution in [0, 0.1) is 0 Å². The Morgan fingerprint density at radius 1 is 1.50 bits per heavy atom. The van der Waals surface area contributed by atoms with E-state index in [1.54, 1.807) is 0 Å². The van der Waals surface area contributed by atoms with Crippen molar-refractivity contribution in [2.75, 3.05) is 14.1 Å². The first-order chi connectivity index (χ1) is 5.37. The lowest BCUT2D eigenvalue weighted by Gasteiger charge is -2.28. The molecule has 0 saturated heterocycles. The molecule has 4 nitrogen and oxygen atoms in total. The Morgan fingerprint density at radius 3 is 2.00 bits per heavy atom. The minimum Gasteiger partial charge on any atom is -0.480 e. The number of carbonyl (C=O) groups is 2. The van der Waals surface area contributed by atoms with Crippen LogP contribution < -0.4 is 0 Å². The smallest absolute Gasteiger partial charge is 0.331 e. The third kappa shape index (κ3) is 1.53. The van der Waals surface area contributed by atoms with Crippen molar-refractivity contribution in [2.45, 2.75) is 12.5 Å². The number of hydrogen-bond acceptors (Lipinski definition) is 3. The molecule has 0 aliphatic heterocycles. The van der Waals surface area contributed by atoms with Crippen LogP contribution in [0.1, 0.15) is 6.92 Å². The molecule has 0 aromatic rings. The number of hydrogen-bond donors (Lipinski definition) is 1. The van der Waals surface area contributed by atoms with Crippen LogP contribution in [0.3, 0.4) is 0 Å². The van der Waals surface area contributed by atoms with Gasteiger partial charge in [0.2, 0.25) is 0 Å². The molecule has 12 heavy (non-hydrogen) atoms. The standard InChI is InChI=1S/C8H13NO3/c1-5-6(10)8(2,7(11)12)9(3)4/h5H,1H2,2-4H3,(H,11,12). The summed E-state index contributed by atoms with van der Waals surface area (Å²) in [5.74, 6) is -1.68. The number of carboxylic acid groups (broad SMARTS) is 1. The van der Waals surface area contributed by atoms with Crippen molar-refractivity contribution in [1.82, 2.24) is 4.90 Å². The molecule has 0 fully saturated rings. The van der Waals surface area contributed by atoms with Crippen LogP contribution in [-0.2, 0) is 9.59 Å². The van der Waals surface area contributed by atoms with Gasteiger partial charge in [-0.1, -0.05) is 6.58 Å². The van der Waals surface area contributed by atoms with E-state index in [1.165, 1.54) is 25.9 Å². The summed E-state index contributed by atoms with van der Waals surface area (Å²) in [6, 6.07) is 0. The van der Waals surface area contributed by atoms with E-state index in [9.17, 15) is 9.59 Å². The first kappa shape index (κ1) is 10.8. The molecule has 0 radical (unpaired) electrons. The van der Waals surface area contributed by atoms with Crippen molar-refractivity contribution in [3.63, 3.8) is 0 Å². The zero-order valence-corrected chi connectivity index (χ0v) is 7.50. The van der Waals surface area contributed by atoms with Crippen molar-refractivity contribution in [2.24, 2.45) is 0 Å². The van der Waals surface area contributed by atoms with Gasteiger partial charge in [-0.25, -0.2) is 4.79 Å².